The highest BCUT2D eigenvalue weighted by molar-refractivity contribution is 5.96. The van der Waals surface area contributed by atoms with Gasteiger partial charge in [-0.15, -0.1) is 0 Å². The first-order chi connectivity index (χ1) is 13.5. The smallest absolute Gasteiger partial charge is 0.247 e. The van der Waals surface area contributed by atoms with Crippen LogP contribution in [0.25, 0.3) is 0 Å². The Morgan fingerprint density at radius 2 is 2.00 bits per heavy atom. The van der Waals surface area contributed by atoms with E-state index in [0.717, 1.165) is 29.1 Å². The van der Waals surface area contributed by atoms with E-state index in [1.165, 1.54) is 0 Å². The number of amides is 1. The fourth-order valence-electron chi connectivity index (χ4n) is 3.71. The summed E-state index contributed by atoms with van der Waals surface area (Å²) >= 11 is 0. The summed E-state index contributed by atoms with van der Waals surface area (Å²) in [4.78, 5) is 28.9. The van der Waals surface area contributed by atoms with Gasteiger partial charge in [0.2, 0.25) is 5.91 Å². The van der Waals surface area contributed by atoms with E-state index in [4.69, 9.17) is 9.94 Å². The van der Waals surface area contributed by atoms with Gasteiger partial charge >= 0.3 is 0 Å². The van der Waals surface area contributed by atoms with Crippen molar-refractivity contribution in [2.75, 3.05) is 0 Å². The molecule has 0 spiro atoms. The van der Waals surface area contributed by atoms with Crippen molar-refractivity contribution in [1.82, 2.24) is 10.5 Å². The number of nitrogens with one attached hydrogen (secondary N) is 1. The summed E-state index contributed by atoms with van der Waals surface area (Å²) in [6.07, 6.45) is 2.16. The molecule has 3 rings (SSSR count). The molecule has 2 aromatic rings. The first-order valence-electron chi connectivity index (χ1n) is 9.60. The lowest BCUT2D eigenvalue weighted by atomic mass is 9.87. The minimum Gasteiger partial charge on any atom is -0.487 e. The van der Waals surface area contributed by atoms with Crippen molar-refractivity contribution < 1.29 is 19.5 Å². The third kappa shape index (κ3) is 4.39. The van der Waals surface area contributed by atoms with Gasteiger partial charge in [0.05, 0.1) is 11.6 Å². The van der Waals surface area contributed by atoms with Gasteiger partial charge in [-0.3, -0.25) is 19.8 Å². The Hall–Kier alpha value is -2.73. The number of pyridine rings is 1. The quantitative estimate of drug-likeness (QED) is 0.513. The molecular weight excluding hydrogens is 356 g/mol. The number of nitrogens with zero attached hydrogens (tertiary/aromatic N) is 1. The molecule has 1 saturated carbocycles. The first-order valence-corrected chi connectivity index (χ1v) is 9.60. The van der Waals surface area contributed by atoms with E-state index >= 15 is 0 Å². The highest BCUT2D eigenvalue weighted by Crippen LogP contribution is 2.56. The number of carbonyl (C=O) groups is 2. The molecular formula is C22H26N2O4. The van der Waals surface area contributed by atoms with E-state index in [0.29, 0.717) is 25.9 Å². The van der Waals surface area contributed by atoms with Crippen LogP contribution in [-0.2, 0) is 22.6 Å². The minimum absolute atomic E-state index is 0.0921. The number of ether oxygens (including phenoxy) is 1. The van der Waals surface area contributed by atoms with E-state index in [-0.39, 0.29) is 5.78 Å². The number of benzene rings is 1. The van der Waals surface area contributed by atoms with Crippen LogP contribution in [0.2, 0.25) is 0 Å². The van der Waals surface area contributed by atoms with Crippen LogP contribution in [0, 0.1) is 18.3 Å². The topological polar surface area (TPSA) is 88.5 Å². The second-order valence-electron chi connectivity index (χ2n) is 7.44. The van der Waals surface area contributed by atoms with Crippen molar-refractivity contribution in [3.8, 4) is 5.75 Å². The Morgan fingerprint density at radius 3 is 2.64 bits per heavy atom. The molecule has 1 aromatic heterocycles. The molecule has 2 atom stereocenters. The van der Waals surface area contributed by atoms with Crippen molar-refractivity contribution in [1.29, 1.82) is 0 Å². The van der Waals surface area contributed by atoms with Crippen LogP contribution in [0.4, 0.5) is 0 Å². The lowest BCUT2D eigenvalue weighted by molar-refractivity contribution is -0.134. The van der Waals surface area contributed by atoms with Crippen LogP contribution in [0.15, 0.2) is 42.5 Å². The molecule has 1 heterocycles. The summed E-state index contributed by atoms with van der Waals surface area (Å²) in [5.74, 6) is -0.120. The molecule has 0 radical (unpaired) electrons. The maximum Gasteiger partial charge on any atom is 0.247 e. The number of carbonyl (C=O) groups excluding carboxylic acids is 2. The Labute approximate surface area is 164 Å². The largest absolute Gasteiger partial charge is 0.487 e. The molecule has 0 aliphatic heterocycles. The van der Waals surface area contributed by atoms with Crippen LogP contribution in [0.3, 0.4) is 0 Å². The normalized spacial score (nSPS) is 20.5. The van der Waals surface area contributed by atoms with Crippen molar-refractivity contribution >= 4 is 11.7 Å². The van der Waals surface area contributed by atoms with Crippen LogP contribution >= 0.6 is 0 Å². The van der Waals surface area contributed by atoms with E-state index in [2.05, 4.69) is 4.98 Å². The Morgan fingerprint density at radius 1 is 1.25 bits per heavy atom. The zero-order valence-electron chi connectivity index (χ0n) is 16.3. The fourth-order valence-corrected chi connectivity index (χ4v) is 3.71. The molecule has 1 aliphatic carbocycles. The lowest BCUT2D eigenvalue weighted by Gasteiger charge is -2.16. The third-order valence-electron chi connectivity index (χ3n) is 5.31. The second kappa shape index (κ2) is 8.52. The predicted octanol–water partition coefficient (Wildman–Crippen LogP) is 3.39. The zero-order valence-corrected chi connectivity index (χ0v) is 16.3. The van der Waals surface area contributed by atoms with Crippen LogP contribution < -0.4 is 10.2 Å². The molecule has 0 unspecified atom stereocenters. The van der Waals surface area contributed by atoms with Gasteiger partial charge in [-0.1, -0.05) is 25.1 Å². The molecule has 28 heavy (non-hydrogen) atoms. The number of aryl methyl sites for hydroxylation is 1. The van der Waals surface area contributed by atoms with Gasteiger partial charge in [0.15, 0.2) is 0 Å². The standard InChI is InChI=1S/C22H26N2O4/c1-3-5-20(25)22(13-19(22)21(26)24-27)12-16-8-10-18(11-9-16)28-14-17-7-4-6-15(2)23-17/h4,6-11,19,27H,3,5,12-14H2,1-2H3,(H,24,26)/t19-,22+/m1/s1. The van der Waals surface area contributed by atoms with Gasteiger partial charge in [-0.2, -0.15) is 0 Å². The average molecular weight is 382 g/mol. The SMILES string of the molecule is CCCC(=O)[C@@]1(Cc2ccc(OCc3cccc(C)n3)cc2)C[C@@H]1C(=O)NO. The Bertz CT molecular complexity index is 850. The van der Waals surface area contributed by atoms with Gasteiger partial charge in [-0.05, 0) is 56.0 Å². The number of hydroxylamine groups is 1. The van der Waals surface area contributed by atoms with Crippen molar-refractivity contribution in [2.24, 2.45) is 11.3 Å². The molecule has 6 heteroatoms. The van der Waals surface area contributed by atoms with Crippen molar-refractivity contribution in [3.05, 3.63) is 59.4 Å². The molecule has 1 aliphatic rings. The molecule has 6 nitrogen and oxygen atoms in total. The number of hydrogen-bond donors (Lipinski definition) is 2. The second-order valence-corrected chi connectivity index (χ2v) is 7.44. The van der Waals surface area contributed by atoms with Gasteiger partial charge in [0.25, 0.3) is 0 Å². The van der Waals surface area contributed by atoms with E-state index in [9.17, 15) is 9.59 Å². The molecule has 148 valence electrons. The van der Waals surface area contributed by atoms with Crippen LogP contribution in [-0.4, -0.2) is 21.9 Å². The highest BCUT2D eigenvalue weighted by Gasteiger charge is 2.62. The van der Waals surface area contributed by atoms with Gasteiger partial charge in [0, 0.05) is 17.5 Å². The first kappa shape index (κ1) is 20.0. The number of rotatable bonds is 9. The number of hydrogen-bond acceptors (Lipinski definition) is 5. The summed E-state index contributed by atoms with van der Waals surface area (Å²) < 4.78 is 5.78. The summed E-state index contributed by atoms with van der Waals surface area (Å²) in [6, 6.07) is 13.4. The fraction of sp³-hybridized carbons (Fsp3) is 0.409. The molecule has 1 fully saturated rings. The van der Waals surface area contributed by atoms with Crippen LogP contribution in [0.1, 0.15) is 43.1 Å². The van der Waals surface area contributed by atoms with Crippen LogP contribution in [0.5, 0.6) is 5.75 Å². The average Bonchev–Trinajstić information content (AvgIpc) is 3.42. The summed E-state index contributed by atoms with van der Waals surface area (Å²) in [7, 11) is 0. The molecule has 1 aromatic carbocycles. The molecule has 1 amide bonds. The Kier molecular flexibility index (Phi) is 6.09. The third-order valence-corrected chi connectivity index (χ3v) is 5.31. The maximum atomic E-state index is 12.6. The van der Waals surface area contributed by atoms with Gasteiger partial charge in [0.1, 0.15) is 18.1 Å². The van der Waals surface area contributed by atoms with Gasteiger partial charge in [-0.25, -0.2) is 5.48 Å². The van der Waals surface area contributed by atoms with Crippen molar-refractivity contribution in [3.63, 3.8) is 0 Å². The Balaban J connectivity index is 1.65. The highest BCUT2D eigenvalue weighted by atomic mass is 16.5. The van der Waals surface area contributed by atoms with E-state index < -0.39 is 17.2 Å². The monoisotopic (exact) mass is 382 g/mol. The van der Waals surface area contributed by atoms with E-state index in [1.807, 2.05) is 56.3 Å². The van der Waals surface area contributed by atoms with E-state index in [1.54, 1.807) is 5.48 Å². The zero-order chi connectivity index (χ0) is 20.1. The number of Topliss-reactive ketones (excluding diaryl/α,β-unsaturated/α-hetero) is 1. The number of aromatic nitrogens is 1. The predicted molar refractivity (Wildman–Crippen MR) is 104 cm³/mol. The number of ketones is 1. The lowest BCUT2D eigenvalue weighted by Crippen LogP contribution is -2.29. The molecule has 0 bridgehead atoms. The van der Waals surface area contributed by atoms with Gasteiger partial charge < -0.3 is 4.74 Å². The molecule has 0 saturated heterocycles. The summed E-state index contributed by atoms with van der Waals surface area (Å²) in [5.41, 5.74) is 3.78. The maximum absolute atomic E-state index is 12.6. The summed E-state index contributed by atoms with van der Waals surface area (Å²) in [6.45, 7) is 4.28. The summed E-state index contributed by atoms with van der Waals surface area (Å²) in [5, 5.41) is 8.93. The van der Waals surface area contributed by atoms with Crippen molar-refractivity contribution in [2.45, 2.75) is 46.1 Å². The molecule has 2 N–H and O–H groups in total. The minimum atomic E-state index is -0.698.